The molecule has 1 saturated carbocycles. The van der Waals surface area contributed by atoms with E-state index in [9.17, 15) is 14.4 Å². The Bertz CT molecular complexity index is 516. The SMILES string of the molecule is CC(C(=O)NCCC1CCCNC1)N1C(=O)NC2(CCCC2)C1=O.Cl. The number of urea groups is 1. The third-order valence-corrected chi connectivity index (χ3v) is 5.67. The normalized spacial score (nSPS) is 26.3. The third-order valence-electron chi connectivity index (χ3n) is 5.67. The van der Waals surface area contributed by atoms with Gasteiger partial charge in [-0.1, -0.05) is 12.8 Å². The lowest BCUT2D eigenvalue weighted by Crippen LogP contribution is -2.50. The monoisotopic (exact) mass is 372 g/mol. The summed E-state index contributed by atoms with van der Waals surface area (Å²) >= 11 is 0. The summed E-state index contributed by atoms with van der Waals surface area (Å²) in [7, 11) is 0. The number of nitrogens with zero attached hydrogens (tertiary/aromatic N) is 1. The van der Waals surface area contributed by atoms with Gasteiger partial charge in [0.15, 0.2) is 0 Å². The lowest BCUT2D eigenvalue weighted by molar-refractivity contribution is -0.137. The summed E-state index contributed by atoms with van der Waals surface area (Å²) < 4.78 is 0. The number of amides is 4. The number of carbonyl (C=O) groups excluding carboxylic acids is 3. The number of nitrogens with one attached hydrogen (secondary N) is 3. The summed E-state index contributed by atoms with van der Waals surface area (Å²) in [6, 6.07) is -1.19. The fourth-order valence-electron chi connectivity index (χ4n) is 4.15. The largest absolute Gasteiger partial charge is 0.354 e. The quantitative estimate of drug-likeness (QED) is 0.632. The number of imide groups is 1. The zero-order valence-corrected chi connectivity index (χ0v) is 15.6. The summed E-state index contributed by atoms with van der Waals surface area (Å²) in [6.07, 6.45) is 6.53. The molecule has 0 aromatic rings. The molecule has 3 aliphatic rings. The molecule has 2 atom stereocenters. The second-order valence-corrected chi connectivity index (χ2v) is 7.36. The van der Waals surface area contributed by atoms with Gasteiger partial charge in [-0.15, -0.1) is 12.4 Å². The van der Waals surface area contributed by atoms with Gasteiger partial charge in [0, 0.05) is 6.54 Å². The van der Waals surface area contributed by atoms with E-state index in [1.165, 1.54) is 12.8 Å². The van der Waals surface area contributed by atoms with Crippen LogP contribution in [-0.2, 0) is 9.59 Å². The van der Waals surface area contributed by atoms with E-state index in [1.807, 2.05) is 0 Å². The topological polar surface area (TPSA) is 90.5 Å². The Morgan fingerprint density at radius 3 is 2.68 bits per heavy atom. The van der Waals surface area contributed by atoms with Gasteiger partial charge in [-0.2, -0.15) is 0 Å². The molecule has 4 amide bonds. The van der Waals surface area contributed by atoms with Gasteiger partial charge in [0.25, 0.3) is 5.91 Å². The Kier molecular flexibility index (Phi) is 6.68. The average Bonchev–Trinajstić information content (AvgIpc) is 3.14. The summed E-state index contributed by atoms with van der Waals surface area (Å²) in [4.78, 5) is 38.4. The maximum absolute atomic E-state index is 12.7. The van der Waals surface area contributed by atoms with Crippen LogP contribution in [0.5, 0.6) is 0 Å². The molecule has 25 heavy (non-hydrogen) atoms. The van der Waals surface area contributed by atoms with Gasteiger partial charge < -0.3 is 16.0 Å². The predicted molar refractivity (Wildman–Crippen MR) is 96.5 cm³/mol. The second-order valence-electron chi connectivity index (χ2n) is 7.36. The van der Waals surface area contributed by atoms with Crippen molar-refractivity contribution in [3.63, 3.8) is 0 Å². The van der Waals surface area contributed by atoms with E-state index >= 15 is 0 Å². The molecule has 0 bridgehead atoms. The van der Waals surface area contributed by atoms with Crippen LogP contribution in [0.1, 0.15) is 51.9 Å². The molecule has 1 aliphatic carbocycles. The first-order valence-corrected chi connectivity index (χ1v) is 9.18. The van der Waals surface area contributed by atoms with Crippen LogP contribution in [0.15, 0.2) is 0 Å². The van der Waals surface area contributed by atoms with Crippen LogP contribution in [0, 0.1) is 5.92 Å². The molecule has 3 fully saturated rings. The molecule has 7 nitrogen and oxygen atoms in total. The number of hydrogen-bond donors (Lipinski definition) is 3. The number of halogens is 1. The van der Waals surface area contributed by atoms with E-state index in [4.69, 9.17) is 0 Å². The van der Waals surface area contributed by atoms with Crippen LogP contribution in [0.3, 0.4) is 0 Å². The Hall–Kier alpha value is -1.34. The smallest absolute Gasteiger partial charge is 0.325 e. The van der Waals surface area contributed by atoms with Crippen LogP contribution >= 0.6 is 12.4 Å². The summed E-state index contributed by atoms with van der Waals surface area (Å²) in [5.41, 5.74) is -0.751. The fourth-order valence-corrected chi connectivity index (χ4v) is 4.15. The lowest BCUT2D eigenvalue weighted by Gasteiger charge is -2.25. The van der Waals surface area contributed by atoms with Crippen molar-refractivity contribution >= 4 is 30.3 Å². The Morgan fingerprint density at radius 1 is 1.32 bits per heavy atom. The predicted octanol–water partition coefficient (Wildman–Crippen LogP) is 1.17. The molecule has 2 aliphatic heterocycles. The molecule has 2 unspecified atom stereocenters. The van der Waals surface area contributed by atoms with E-state index in [0.29, 0.717) is 25.3 Å². The summed E-state index contributed by atoms with van der Waals surface area (Å²) in [5.74, 6) is 0.106. The Morgan fingerprint density at radius 2 is 2.04 bits per heavy atom. The minimum Gasteiger partial charge on any atom is -0.354 e. The number of carbonyl (C=O) groups is 3. The van der Waals surface area contributed by atoms with E-state index < -0.39 is 17.6 Å². The van der Waals surface area contributed by atoms with Crippen molar-refractivity contribution in [2.45, 2.75) is 63.5 Å². The van der Waals surface area contributed by atoms with E-state index in [0.717, 1.165) is 37.3 Å². The van der Waals surface area contributed by atoms with Crippen LogP contribution in [0.2, 0.25) is 0 Å². The molecule has 2 heterocycles. The van der Waals surface area contributed by atoms with E-state index in [2.05, 4.69) is 16.0 Å². The minimum absolute atomic E-state index is 0. The highest BCUT2D eigenvalue weighted by atomic mass is 35.5. The lowest BCUT2D eigenvalue weighted by atomic mass is 9.96. The number of piperidine rings is 1. The first-order valence-electron chi connectivity index (χ1n) is 9.18. The van der Waals surface area contributed by atoms with Gasteiger partial charge in [0.1, 0.15) is 11.6 Å². The van der Waals surface area contributed by atoms with E-state index in [-0.39, 0.29) is 24.2 Å². The van der Waals surface area contributed by atoms with Crippen molar-refractivity contribution in [1.29, 1.82) is 0 Å². The van der Waals surface area contributed by atoms with Gasteiger partial charge in [0.05, 0.1) is 0 Å². The maximum atomic E-state index is 12.7. The Labute approximate surface area is 155 Å². The highest BCUT2D eigenvalue weighted by molar-refractivity contribution is 6.09. The molecule has 3 rings (SSSR count). The summed E-state index contributed by atoms with van der Waals surface area (Å²) in [5, 5.41) is 9.07. The summed E-state index contributed by atoms with van der Waals surface area (Å²) in [6.45, 7) is 4.29. The Balaban J connectivity index is 0.00000225. The van der Waals surface area contributed by atoms with Crippen molar-refractivity contribution in [2.24, 2.45) is 5.92 Å². The fraction of sp³-hybridized carbons (Fsp3) is 0.824. The second kappa shape index (κ2) is 8.36. The standard InChI is InChI=1S/C17H28N4O3.ClH/c1-12(14(22)19-10-6-13-5-4-9-18-11-13)21-15(23)17(20-16(21)24)7-2-3-8-17;/h12-13,18H,2-11H2,1H3,(H,19,22)(H,20,24);1H. The molecule has 0 radical (unpaired) electrons. The van der Waals surface area contributed by atoms with Gasteiger partial charge in [-0.25, -0.2) is 9.69 Å². The third kappa shape index (κ3) is 4.08. The van der Waals surface area contributed by atoms with E-state index in [1.54, 1.807) is 6.92 Å². The van der Waals surface area contributed by atoms with Crippen molar-refractivity contribution in [3.8, 4) is 0 Å². The molecule has 0 aromatic heterocycles. The van der Waals surface area contributed by atoms with Gasteiger partial charge >= 0.3 is 6.03 Å². The van der Waals surface area contributed by atoms with Crippen LogP contribution in [0.4, 0.5) is 4.79 Å². The molecule has 0 aromatic carbocycles. The van der Waals surface area contributed by atoms with Crippen molar-refractivity contribution in [2.75, 3.05) is 19.6 Å². The molecular formula is C17H29ClN4O3. The minimum atomic E-state index is -0.762. The molecule has 2 saturated heterocycles. The van der Waals surface area contributed by atoms with Gasteiger partial charge in [0.2, 0.25) is 5.91 Å². The highest BCUT2D eigenvalue weighted by Gasteiger charge is 2.54. The number of rotatable bonds is 5. The van der Waals surface area contributed by atoms with Crippen molar-refractivity contribution < 1.29 is 14.4 Å². The zero-order chi connectivity index (χ0) is 17.2. The highest BCUT2D eigenvalue weighted by Crippen LogP contribution is 2.35. The van der Waals surface area contributed by atoms with Crippen LogP contribution in [0.25, 0.3) is 0 Å². The van der Waals surface area contributed by atoms with Crippen molar-refractivity contribution in [3.05, 3.63) is 0 Å². The first kappa shape index (κ1) is 20.0. The average molecular weight is 373 g/mol. The molecule has 8 heteroatoms. The molecule has 1 spiro atoms. The molecular weight excluding hydrogens is 344 g/mol. The molecule has 142 valence electrons. The zero-order valence-electron chi connectivity index (χ0n) is 14.8. The van der Waals surface area contributed by atoms with Gasteiger partial charge in [-0.05, 0) is 58.0 Å². The number of hydrogen-bond acceptors (Lipinski definition) is 4. The van der Waals surface area contributed by atoms with Crippen LogP contribution < -0.4 is 16.0 Å². The van der Waals surface area contributed by atoms with Crippen molar-refractivity contribution in [1.82, 2.24) is 20.9 Å². The van der Waals surface area contributed by atoms with Crippen LogP contribution in [-0.4, -0.2) is 54.0 Å². The van der Waals surface area contributed by atoms with Gasteiger partial charge in [-0.3, -0.25) is 9.59 Å². The first-order chi connectivity index (χ1) is 11.5. The maximum Gasteiger partial charge on any atom is 0.325 e. The molecule has 3 N–H and O–H groups in total.